The van der Waals surface area contributed by atoms with Crippen molar-refractivity contribution in [3.63, 3.8) is 0 Å². The van der Waals surface area contributed by atoms with Gasteiger partial charge in [0.25, 0.3) is 0 Å². The average Bonchev–Trinajstić information content (AvgIpc) is 3.27. The number of likely N-dealkylation sites (tertiary alicyclic amines) is 1. The Morgan fingerprint density at radius 2 is 1.89 bits per heavy atom. The maximum absolute atomic E-state index is 12.4. The number of anilines is 1. The molecule has 4 heterocycles. The minimum absolute atomic E-state index is 0.0158. The van der Waals surface area contributed by atoms with Crippen LogP contribution in [0.3, 0.4) is 0 Å². The Balaban J connectivity index is 1.48. The fourth-order valence-electron chi connectivity index (χ4n) is 5.10. The molecule has 0 spiro atoms. The number of benzene rings is 1. The summed E-state index contributed by atoms with van der Waals surface area (Å²) < 4.78 is 2.07. The lowest BCUT2D eigenvalue weighted by Gasteiger charge is -2.33. The Hall–Kier alpha value is -3.76. The average molecular weight is 504 g/mol. The van der Waals surface area contributed by atoms with Gasteiger partial charge in [-0.3, -0.25) is 4.98 Å². The number of hydrogen-bond acceptors (Lipinski definition) is 7. The van der Waals surface area contributed by atoms with Gasteiger partial charge < -0.3 is 30.7 Å². The molecular formula is C27H33N7O3. The van der Waals surface area contributed by atoms with Crippen LogP contribution in [0.15, 0.2) is 36.7 Å². The quantitative estimate of drug-likeness (QED) is 0.317. The van der Waals surface area contributed by atoms with Crippen molar-refractivity contribution in [1.29, 1.82) is 0 Å². The highest BCUT2D eigenvalue weighted by molar-refractivity contribution is 6.07. The number of aromatic nitrogens is 4. The van der Waals surface area contributed by atoms with E-state index in [4.69, 9.17) is 5.73 Å². The number of fused-ring (bicyclic) bond motifs is 3. The number of carbonyl (C=O) groups excluding carboxylic acids is 1. The standard InChI is InChI=1S/C27H33N7O3/c1-16(2)30-27(37)33-7-5-17(6-8-33)13-34-23(15-36)32-24-25(34)21-4-3-19(10-22(21)31-26(24)28)20-9-18(14-35)11-29-12-20/h3-4,9-12,16-17,35-36H,5-8,13-15H2,1-2H3,(H2,28,31)(H,30,37). The van der Waals surface area contributed by atoms with Gasteiger partial charge in [-0.05, 0) is 55.9 Å². The minimum Gasteiger partial charge on any atom is -0.392 e. The van der Waals surface area contributed by atoms with E-state index in [1.165, 1.54) is 0 Å². The molecule has 4 aromatic rings. The third-order valence-electron chi connectivity index (χ3n) is 6.99. The van der Waals surface area contributed by atoms with E-state index < -0.39 is 0 Å². The lowest BCUT2D eigenvalue weighted by molar-refractivity contribution is 0.163. The molecule has 3 aromatic heterocycles. The van der Waals surface area contributed by atoms with E-state index in [0.29, 0.717) is 42.7 Å². The van der Waals surface area contributed by atoms with Gasteiger partial charge in [-0.15, -0.1) is 0 Å². The van der Waals surface area contributed by atoms with Gasteiger partial charge in [-0.2, -0.15) is 0 Å². The van der Waals surface area contributed by atoms with Crippen molar-refractivity contribution in [3.8, 4) is 11.1 Å². The van der Waals surface area contributed by atoms with Crippen LogP contribution in [0.5, 0.6) is 0 Å². The van der Waals surface area contributed by atoms with Crippen molar-refractivity contribution in [3.05, 3.63) is 48.0 Å². The number of imidazole rings is 1. The molecule has 1 aliphatic heterocycles. The summed E-state index contributed by atoms with van der Waals surface area (Å²) in [5.41, 5.74) is 11.1. The van der Waals surface area contributed by atoms with E-state index in [0.717, 1.165) is 46.0 Å². The molecule has 0 aliphatic carbocycles. The number of rotatable bonds is 6. The Bertz CT molecular complexity index is 1440. The van der Waals surface area contributed by atoms with Crippen LogP contribution >= 0.6 is 0 Å². The highest BCUT2D eigenvalue weighted by Gasteiger charge is 2.26. The van der Waals surface area contributed by atoms with Crippen molar-refractivity contribution in [2.75, 3.05) is 18.8 Å². The number of urea groups is 1. The molecule has 1 fully saturated rings. The van der Waals surface area contributed by atoms with Gasteiger partial charge in [0.15, 0.2) is 5.82 Å². The molecular weight excluding hydrogens is 470 g/mol. The summed E-state index contributed by atoms with van der Waals surface area (Å²) in [6.45, 7) is 5.70. The van der Waals surface area contributed by atoms with Crippen LogP contribution in [-0.4, -0.2) is 59.8 Å². The van der Waals surface area contributed by atoms with Gasteiger partial charge in [-0.25, -0.2) is 14.8 Å². The first kappa shape index (κ1) is 24.9. The first-order valence-corrected chi connectivity index (χ1v) is 12.7. The van der Waals surface area contributed by atoms with E-state index in [1.807, 2.05) is 43.0 Å². The summed E-state index contributed by atoms with van der Waals surface area (Å²) in [4.78, 5) is 27.7. The predicted molar refractivity (Wildman–Crippen MR) is 142 cm³/mol. The zero-order valence-corrected chi connectivity index (χ0v) is 21.2. The molecule has 10 nitrogen and oxygen atoms in total. The highest BCUT2D eigenvalue weighted by atomic mass is 16.3. The molecule has 1 aliphatic rings. The molecule has 10 heteroatoms. The smallest absolute Gasteiger partial charge is 0.317 e. The maximum atomic E-state index is 12.4. The highest BCUT2D eigenvalue weighted by Crippen LogP contribution is 2.33. The first-order chi connectivity index (χ1) is 17.9. The SMILES string of the molecule is CC(C)NC(=O)N1CCC(Cn2c(CO)nc3c(N)nc4cc(-c5cncc(CO)c5)ccc4c32)CC1. The second kappa shape index (κ2) is 10.3. The van der Waals surface area contributed by atoms with E-state index in [1.54, 1.807) is 12.4 Å². The van der Waals surface area contributed by atoms with Crippen molar-refractivity contribution in [2.24, 2.45) is 5.92 Å². The number of aliphatic hydroxyl groups excluding tert-OH is 2. The number of aliphatic hydroxyl groups is 2. The summed E-state index contributed by atoms with van der Waals surface area (Å²) >= 11 is 0. The topological polar surface area (TPSA) is 142 Å². The summed E-state index contributed by atoms with van der Waals surface area (Å²) in [6, 6.07) is 7.96. The summed E-state index contributed by atoms with van der Waals surface area (Å²) in [7, 11) is 0. The van der Waals surface area contributed by atoms with Crippen LogP contribution < -0.4 is 11.1 Å². The van der Waals surface area contributed by atoms with Gasteiger partial charge in [0, 0.05) is 49.0 Å². The number of pyridine rings is 2. The molecule has 0 unspecified atom stereocenters. The van der Waals surface area contributed by atoms with Crippen molar-refractivity contribution >= 4 is 33.8 Å². The summed E-state index contributed by atoms with van der Waals surface area (Å²) in [6.07, 6.45) is 5.13. The van der Waals surface area contributed by atoms with Gasteiger partial charge in [-0.1, -0.05) is 12.1 Å². The van der Waals surface area contributed by atoms with Gasteiger partial charge in [0.05, 0.1) is 17.6 Å². The van der Waals surface area contributed by atoms with Gasteiger partial charge >= 0.3 is 6.03 Å². The van der Waals surface area contributed by atoms with E-state index in [9.17, 15) is 15.0 Å². The van der Waals surface area contributed by atoms with Crippen molar-refractivity contribution in [1.82, 2.24) is 29.7 Å². The molecule has 0 atom stereocenters. The lowest BCUT2D eigenvalue weighted by atomic mass is 9.96. The molecule has 194 valence electrons. The number of nitrogen functional groups attached to an aromatic ring is 1. The van der Waals surface area contributed by atoms with E-state index >= 15 is 0 Å². The predicted octanol–water partition coefficient (Wildman–Crippen LogP) is 3.04. The Morgan fingerprint density at radius 3 is 2.59 bits per heavy atom. The third-order valence-corrected chi connectivity index (χ3v) is 6.99. The molecule has 1 saturated heterocycles. The minimum atomic E-state index is -0.205. The van der Waals surface area contributed by atoms with Crippen molar-refractivity contribution in [2.45, 2.75) is 52.5 Å². The number of hydrogen-bond donors (Lipinski definition) is 4. The van der Waals surface area contributed by atoms with E-state index in [2.05, 4.69) is 24.8 Å². The molecule has 0 bridgehead atoms. The number of nitrogens with two attached hydrogens (primary N) is 1. The van der Waals surface area contributed by atoms with Crippen LogP contribution in [0, 0.1) is 5.92 Å². The number of carbonyl (C=O) groups is 1. The largest absolute Gasteiger partial charge is 0.392 e. The fourth-order valence-corrected chi connectivity index (χ4v) is 5.10. The summed E-state index contributed by atoms with van der Waals surface area (Å²) in [5, 5.41) is 23.5. The molecule has 1 aromatic carbocycles. The van der Waals surface area contributed by atoms with Crippen molar-refractivity contribution < 1.29 is 15.0 Å². The second-order valence-corrected chi connectivity index (χ2v) is 10.00. The fraction of sp³-hybridized carbons (Fsp3) is 0.407. The molecule has 5 rings (SSSR count). The molecule has 0 radical (unpaired) electrons. The lowest BCUT2D eigenvalue weighted by Crippen LogP contribution is -2.46. The first-order valence-electron chi connectivity index (χ1n) is 12.7. The Labute approximate surface area is 215 Å². The molecule has 37 heavy (non-hydrogen) atoms. The normalized spacial score (nSPS) is 14.7. The number of amides is 2. The zero-order chi connectivity index (χ0) is 26.1. The maximum Gasteiger partial charge on any atom is 0.317 e. The van der Waals surface area contributed by atoms with Crippen LogP contribution in [0.2, 0.25) is 0 Å². The zero-order valence-electron chi connectivity index (χ0n) is 21.2. The van der Waals surface area contributed by atoms with Crippen LogP contribution in [0.25, 0.3) is 33.1 Å². The number of nitrogens with one attached hydrogen (secondary N) is 1. The second-order valence-electron chi connectivity index (χ2n) is 10.00. The Kier molecular flexibility index (Phi) is 6.94. The van der Waals surface area contributed by atoms with Gasteiger partial charge in [0.1, 0.15) is 17.9 Å². The van der Waals surface area contributed by atoms with Crippen LogP contribution in [0.1, 0.15) is 38.1 Å². The summed E-state index contributed by atoms with van der Waals surface area (Å²) in [5.74, 6) is 1.21. The number of piperidine rings is 1. The van der Waals surface area contributed by atoms with Crippen LogP contribution in [-0.2, 0) is 19.8 Å². The van der Waals surface area contributed by atoms with Gasteiger partial charge in [0.2, 0.25) is 0 Å². The van der Waals surface area contributed by atoms with E-state index in [-0.39, 0.29) is 25.3 Å². The third kappa shape index (κ3) is 4.94. The molecule has 0 saturated carbocycles. The molecule has 2 amide bonds. The molecule has 5 N–H and O–H groups in total. The monoisotopic (exact) mass is 503 g/mol. The van der Waals surface area contributed by atoms with Crippen LogP contribution in [0.4, 0.5) is 10.6 Å². The number of nitrogens with zero attached hydrogens (tertiary/aromatic N) is 5. The Morgan fingerprint density at radius 1 is 1.11 bits per heavy atom.